The molecule has 2 aliphatic rings. The Bertz CT molecular complexity index is 411. The minimum Gasteiger partial charge on any atom is -0.351 e. The van der Waals surface area contributed by atoms with E-state index in [0.717, 1.165) is 5.92 Å². The first-order valence-electron chi connectivity index (χ1n) is 7.16. The Kier molecular flexibility index (Phi) is 3.57. The lowest BCUT2D eigenvalue weighted by molar-refractivity contribution is 0.321. The van der Waals surface area contributed by atoms with E-state index in [-0.39, 0.29) is 0 Å². The van der Waals surface area contributed by atoms with E-state index in [4.69, 9.17) is 4.98 Å². The van der Waals surface area contributed by atoms with E-state index in [2.05, 4.69) is 24.3 Å². The molecule has 0 bridgehead atoms. The van der Waals surface area contributed by atoms with Gasteiger partial charge in [0.1, 0.15) is 0 Å². The summed E-state index contributed by atoms with van der Waals surface area (Å²) in [5.41, 5.74) is 1.32. The third-order valence-electron chi connectivity index (χ3n) is 4.37. The molecule has 1 saturated carbocycles. The zero-order chi connectivity index (χ0) is 12.5. The van der Waals surface area contributed by atoms with E-state index in [1.165, 1.54) is 60.8 Å². The van der Waals surface area contributed by atoms with Gasteiger partial charge in [-0.05, 0) is 45.1 Å². The summed E-state index contributed by atoms with van der Waals surface area (Å²) in [5, 5.41) is 4.63. The lowest BCUT2D eigenvalue weighted by atomic mass is 9.85. The maximum atomic E-state index is 4.90. The highest BCUT2D eigenvalue weighted by atomic mass is 32.1. The number of hydrogen-bond acceptors (Lipinski definition) is 4. The second-order valence-electron chi connectivity index (χ2n) is 5.72. The monoisotopic (exact) mass is 265 g/mol. The predicted molar refractivity (Wildman–Crippen MR) is 77.5 cm³/mol. The van der Waals surface area contributed by atoms with Crippen molar-refractivity contribution in [2.24, 2.45) is 5.92 Å². The number of aryl methyl sites for hydroxylation is 1. The van der Waals surface area contributed by atoms with Crippen molar-refractivity contribution in [2.75, 3.05) is 25.5 Å². The number of hydrogen-bond donors (Lipinski definition) is 1. The Morgan fingerprint density at radius 2 is 2.17 bits per heavy atom. The summed E-state index contributed by atoms with van der Waals surface area (Å²) in [6.45, 7) is 1.19. The molecule has 0 aromatic carbocycles. The molecule has 1 unspecified atom stereocenters. The van der Waals surface area contributed by atoms with Gasteiger partial charge in [-0.15, -0.1) is 11.3 Å². The van der Waals surface area contributed by atoms with E-state index >= 15 is 0 Å². The van der Waals surface area contributed by atoms with Gasteiger partial charge in [0.25, 0.3) is 0 Å². The van der Waals surface area contributed by atoms with Gasteiger partial charge in [-0.2, -0.15) is 0 Å². The molecule has 0 spiro atoms. The van der Waals surface area contributed by atoms with Crippen LogP contribution in [0.1, 0.15) is 48.7 Å². The van der Waals surface area contributed by atoms with Crippen LogP contribution >= 0.6 is 11.3 Å². The Labute approximate surface area is 114 Å². The average molecular weight is 265 g/mol. The van der Waals surface area contributed by atoms with Crippen LogP contribution in [0.5, 0.6) is 0 Å². The fraction of sp³-hybridized carbons (Fsp3) is 0.786. The molecule has 2 aliphatic carbocycles. The van der Waals surface area contributed by atoms with Gasteiger partial charge in [-0.25, -0.2) is 4.98 Å². The van der Waals surface area contributed by atoms with Crippen molar-refractivity contribution in [1.29, 1.82) is 0 Å². The molecule has 0 amide bonds. The van der Waals surface area contributed by atoms with Crippen molar-refractivity contribution in [3.8, 4) is 0 Å². The van der Waals surface area contributed by atoms with Crippen molar-refractivity contribution in [3.05, 3.63) is 10.6 Å². The first-order chi connectivity index (χ1) is 8.78. The van der Waals surface area contributed by atoms with Crippen molar-refractivity contribution in [3.63, 3.8) is 0 Å². The minimum absolute atomic E-state index is 0.482. The van der Waals surface area contributed by atoms with Gasteiger partial charge in [0.2, 0.25) is 0 Å². The number of anilines is 1. The number of nitrogens with zero attached hydrogens (tertiary/aromatic N) is 2. The summed E-state index contributed by atoms with van der Waals surface area (Å²) < 4.78 is 0. The molecule has 0 aliphatic heterocycles. The highest BCUT2D eigenvalue weighted by Crippen LogP contribution is 2.37. The van der Waals surface area contributed by atoms with Gasteiger partial charge in [0.05, 0.1) is 11.7 Å². The highest BCUT2D eigenvalue weighted by molar-refractivity contribution is 7.15. The van der Waals surface area contributed by atoms with Gasteiger partial charge in [0.15, 0.2) is 5.13 Å². The molecule has 0 saturated heterocycles. The quantitative estimate of drug-likeness (QED) is 0.907. The topological polar surface area (TPSA) is 28.2 Å². The molecule has 1 fully saturated rings. The van der Waals surface area contributed by atoms with Crippen molar-refractivity contribution < 1.29 is 0 Å². The highest BCUT2D eigenvalue weighted by Gasteiger charge is 2.26. The summed E-state index contributed by atoms with van der Waals surface area (Å²) in [4.78, 5) is 8.78. The molecule has 1 atom stereocenters. The lowest BCUT2D eigenvalue weighted by Gasteiger charge is -2.29. The van der Waals surface area contributed by atoms with Crippen molar-refractivity contribution in [1.82, 2.24) is 10.3 Å². The maximum absolute atomic E-state index is 4.90. The summed E-state index contributed by atoms with van der Waals surface area (Å²) in [5.74, 6) is 0.913. The summed E-state index contributed by atoms with van der Waals surface area (Å²) in [6, 6.07) is 0.482. The molecular weight excluding hydrogens is 242 g/mol. The molecule has 1 heterocycles. The number of aromatic nitrogens is 1. The maximum Gasteiger partial charge on any atom is 0.185 e. The molecule has 3 rings (SSSR count). The molecule has 1 aromatic rings. The third kappa shape index (κ3) is 2.28. The number of nitrogens with one attached hydrogen (secondary N) is 1. The van der Waals surface area contributed by atoms with Crippen molar-refractivity contribution in [2.45, 2.75) is 44.6 Å². The van der Waals surface area contributed by atoms with Crippen LogP contribution in [0.4, 0.5) is 5.13 Å². The Hall–Kier alpha value is -0.610. The fourth-order valence-corrected chi connectivity index (χ4v) is 4.12. The van der Waals surface area contributed by atoms with Crippen molar-refractivity contribution >= 4 is 16.5 Å². The number of thiazole rings is 1. The van der Waals surface area contributed by atoms with Crippen LogP contribution in [0.25, 0.3) is 0 Å². The third-order valence-corrected chi connectivity index (χ3v) is 5.62. The van der Waals surface area contributed by atoms with Crippen LogP contribution in [-0.4, -0.2) is 25.6 Å². The second kappa shape index (κ2) is 5.17. The van der Waals surface area contributed by atoms with Crippen LogP contribution in [0.15, 0.2) is 0 Å². The molecule has 3 nitrogen and oxygen atoms in total. The van der Waals surface area contributed by atoms with Gasteiger partial charge in [0, 0.05) is 18.5 Å². The second-order valence-corrected chi connectivity index (χ2v) is 6.78. The first-order valence-corrected chi connectivity index (χ1v) is 7.97. The van der Waals surface area contributed by atoms with Gasteiger partial charge < -0.3 is 10.2 Å². The molecule has 18 heavy (non-hydrogen) atoms. The van der Waals surface area contributed by atoms with Crippen LogP contribution in [0.2, 0.25) is 0 Å². The summed E-state index contributed by atoms with van der Waals surface area (Å²) >= 11 is 1.91. The molecule has 1 aromatic heterocycles. The van der Waals surface area contributed by atoms with E-state index in [9.17, 15) is 0 Å². The van der Waals surface area contributed by atoms with Crippen LogP contribution in [0.3, 0.4) is 0 Å². The SMILES string of the molecule is CNC1CCCc2sc(N(C)CC3CCC3)nc21. The first kappa shape index (κ1) is 12.4. The predicted octanol–water partition coefficient (Wildman–Crippen LogP) is 2.98. The standard InChI is InChI=1S/C14H23N3S/c1-15-11-7-4-8-12-13(11)16-14(18-12)17(2)9-10-5-3-6-10/h10-11,15H,3-9H2,1-2H3. The van der Waals surface area contributed by atoms with Crippen LogP contribution < -0.4 is 10.2 Å². The largest absolute Gasteiger partial charge is 0.351 e. The Balaban J connectivity index is 1.74. The normalized spacial score (nSPS) is 23.6. The average Bonchev–Trinajstić information content (AvgIpc) is 2.77. The van der Waals surface area contributed by atoms with E-state index in [0.29, 0.717) is 6.04 Å². The molecule has 100 valence electrons. The summed E-state index contributed by atoms with van der Waals surface area (Å²) in [7, 11) is 4.26. The molecular formula is C14H23N3S. The van der Waals surface area contributed by atoms with E-state index in [1.807, 2.05) is 11.3 Å². The van der Waals surface area contributed by atoms with E-state index < -0.39 is 0 Å². The summed E-state index contributed by atoms with van der Waals surface area (Å²) in [6.07, 6.45) is 8.01. The van der Waals surface area contributed by atoms with Crippen LogP contribution in [0, 0.1) is 5.92 Å². The Morgan fingerprint density at radius 3 is 2.83 bits per heavy atom. The zero-order valence-electron chi connectivity index (χ0n) is 11.4. The smallest absolute Gasteiger partial charge is 0.185 e. The van der Waals surface area contributed by atoms with Gasteiger partial charge in [-0.3, -0.25) is 0 Å². The minimum atomic E-state index is 0.482. The molecule has 1 N–H and O–H groups in total. The molecule has 0 radical (unpaired) electrons. The van der Waals surface area contributed by atoms with Crippen LogP contribution in [-0.2, 0) is 6.42 Å². The number of fused-ring (bicyclic) bond motifs is 1. The molecule has 4 heteroatoms. The Morgan fingerprint density at radius 1 is 1.33 bits per heavy atom. The lowest BCUT2D eigenvalue weighted by Crippen LogP contribution is -2.29. The number of rotatable bonds is 4. The van der Waals surface area contributed by atoms with Gasteiger partial charge in [-0.1, -0.05) is 6.42 Å². The zero-order valence-corrected chi connectivity index (χ0v) is 12.2. The van der Waals surface area contributed by atoms with Gasteiger partial charge >= 0.3 is 0 Å². The van der Waals surface area contributed by atoms with E-state index in [1.54, 1.807) is 0 Å². The fourth-order valence-electron chi connectivity index (χ4n) is 2.99.